The molecule has 4 nitrogen and oxygen atoms in total. The SMILES string of the molecule is CCCCCSC(=O)NC1(C)CCS(=O)(=O)C1. The summed E-state index contributed by atoms with van der Waals surface area (Å²) in [5, 5.41) is 2.74. The topological polar surface area (TPSA) is 63.2 Å². The number of thioether (sulfide) groups is 1. The van der Waals surface area contributed by atoms with Crippen LogP contribution in [0, 0.1) is 0 Å². The Morgan fingerprint density at radius 2 is 2.12 bits per heavy atom. The zero-order valence-electron chi connectivity index (χ0n) is 10.5. The third-order valence-corrected chi connectivity index (χ3v) is 5.65. The zero-order valence-corrected chi connectivity index (χ0v) is 12.1. The predicted octanol–water partition coefficient (Wildman–Crippen LogP) is 2.20. The molecule has 0 bridgehead atoms. The van der Waals surface area contributed by atoms with Gasteiger partial charge in [-0.25, -0.2) is 8.42 Å². The number of hydrogen-bond donors (Lipinski definition) is 1. The molecule has 17 heavy (non-hydrogen) atoms. The van der Waals surface area contributed by atoms with Gasteiger partial charge in [0, 0.05) is 5.75 Å². The van der Waals surface area contributed by atoms with E-state index < -0.39 is 15.4 Å². The third-order valence-electron chi connectivity index (χ3n) is 2.89. The summed E-state index contributed by atoms with van der Waals surface area (Å²) in [4.78, 5) is 11.6. The Morgan fingerprint density at radius 1 is 1.41 bits per heavy atom. The second kappa shape index (κ2) is 6.09. The van der Waals surface area contributed by atoms with Crippen LogP contribution in [0.4, 0.5) is 4.79 Å². The van der Waals surface area contributed by atoms with Crippen LogP contribution >= 0.6 is 11.8 Å². The van der Waals surface area contributed by atoms with E-state index in [4.69, 9.17) is 0 Å². The molecule has 1 amide bonds. The molecule has 1 heterocycles. The fraction of sp³-hybridized carbons (Fsp3) is 0.909. The third kappa shape index (κ3) is 5.29. The number of carbonyl (C=O) groups is 1. The number of hydrogen-bond acceptors (Lipinski definition) is 4. The summed E-state index contributed by atoms with van der Waals surface area (Å²) in [6.07, 6.45) is 3.82. The lowest BCUT2D eigenvalue weighted by molar-refractivity contribution is 0.251. The molecular formula is C11H21NO3S2. The first-order valence-electron chi connectivity index (χ1n) is 6.02. The molecule has 0 saturated carbocycles. The van der Waals surface area contributed by atoms with Crippen molar-refractivity contribution in [1.29, 1.82) is 0 Å². The maximum atomic E-state index is 11.6. The molecule has 0 aromatic carbocycles. The first-order chi connectivity index (χ1) is 7.87. The van der Waals surface area contributed by atoms with E-state index >= 15 is 0 Å². The Morgan fingerprint density at radius 3 is 2.65 bits per heavy atom. The smallest absolute Gasteiger partial charge is 0.279 e. The highest BCUT2D eigenvalue weighted by atomic mass is 32.2. The first-order valence-corrected chi connectivity index (χ1v) is 8.83. The lowest BCUT2D eigenvalue weighted by atomic mass is 10.0. The molecular weight excluding hydrogens is 258 g/mol. The van der Waals surface area contributed by atoms with Gasteiger partial charge in [0.25, 0.3) is 5.24 Å². The molecule has 0 aromatic heterocycles. The average molecular weight is 279 g/mol. The Bertz CT molecular complexity index is 367. The highest BCUT2D eigenvalue weighted by Crippen LogP contribution is 2.24. The van der Waals surface area contributed by atoms with Gasteiger partial charge in [0.1, 0.15) is 0 Å². The van der Waals surface area contributed by atoms with Crippen LogP contribution in [-0.4, -0.2) is 36.5 Å². The Hall–Kier alpha value is -0.230. The number of nitrogens with one attached hydrogen (secondary N) is 1. The molecule has 1 unspecified atom stereocenters. The summed E-state index contributed by atoms with van der Waals surface area (Å²) in [6.45, 7) is 3.93. The van der Waals surface area contributed by atoms with Crippen molar-refractivity contribution in [1.82, 2.24) is 5.32 Å². The van der Waals surface area contributed by atoms with E-state index in [0.29, 0.717) is 6.42 Å². The van der Waals surface area contributed by atoms with Gasteiger partial charge in [0.2, 0.25) is 0 Å². The van der Waals surface area contributed by atoms with Crippen molar-refractivity contribution in [2.75, 3.05) is 17.3 Å². The normalized spacial score (nSPS) is 26.9. The van der Waals surface area contributed by atoms with Crippen molar-refractivity contribution in [3.63, 3.8) is 0 Å². The molecule has 1 saturated heterocycles. The van der Waals surface area contributed by atoms with Gasteiger partial charge in [-0.15, -0.1) is 0 Å². The summed E-state index contributed by atoms with van der Waals surface area (Å²) in [7, 11) is -2.95. The van der Waals surface area contributed by atoms with Crippen molar-refractivity contribution >= 4 is 26.8 Å². The lowest BCUT2D eigenvalue weighted by Gasteiger charge is -2.23. The minimum atomic E-state index is -2.95. The highest BCUT2D eigenvalue weighted by molar-refractivity contribution is 8.13. The maximum absolute atomic E-state index is 11.6. The van der Waals surface area contributed by atoms with Crippen LogP contribution in [0.5, 0.6) is 0 Å². The van der Waals surface area contributed by atoms with Gasteiger partial charge >= 0.3 is 0 Å². The van der Waals surface area contributed by atoms with E-state index in [1.54, 1.807) is 0 Å². The summed E-state index contributed by atoms with van der Waals surface area (Å²) in [5.74, 6) is 1.06. The Kier molecular flexibility index (Phi) is 5.31. The van der Waals surface area contributed by atoms with Gasteiger partial charge in [0.15, 0.2) is 9.84 Å². The second-order valence-corrected chi connectivity index (χ2v) is 8.12. The molecule has 1 aliphatic heterocycles. The lowest BCUT2D eigenvalue weighted by Crippen LogP contribution is -2.45. The van der Waals surface area contributed by atoms with Crippen molar-refractivity contribution in [2.45, 2.75) is 45.1 Å². The molecule has 1 atom stereocenters. The molecule has 0 aromatic rings. The van der Waals surface area contributed by atoms with E-state index in [9.17, 15) is 13.2 Å². The molecule has 0 spiro atoms. The number of amides is 1. The van der Waals surface area contributed by atoms with E-state index in [1.807, 2.05) is 6.92 Å². The van der Waals surface area contributed by atoms with Crippen LogP contribution in [-0.2, 0) is 9.84 Å². The van der Waals surface area contributed by atoms with Crippen LogP contribution in [0.2, 0.25) is 0 Å². The molecule has 0 radical (unpaired) electrons. The van der Waals surface area contributed by atoms with E-state index in [-0.39, 0.29) is 16.7 Å². The van der Waals surface area contributed by atoms with Gasteiger partial charge in [-0.1, -0.05) is 31.5 Å². The van der Waals surface area contributed by atoms with Gasteiger partial charge in [-0.3, -0.25) is 4.79 Å². The van der Waals surface area contributed by atoms with Gasteiger partial charge in [0.05, 0.1) is 17.0 Å². The van der Waals surface area contributed by atoms with E-state index in [0.717, 1.165) is 25.0 Å². The minimum absolute atomic E-state index is 0.0707. The number of unbranched alkanes of at least 4 members (excludes halogenated alkanes) is 2. The molecule has 1 rings (SSSR count). The summed E-state index contributed by atoms with van der Waals surface area (Å²) in [5.41, 5.74) is -0.562. The van der Waals surface area contributed by atoms with Crippen LogP contribution in [0.15, 0.2) is 0 Å². The second-order valence-electron chi connectivity index (χ2n) is 4.87. The van der Waals surface area contributed by atoms with Crippen molar-refractivity contribution in [3.8, 4) is 0 Å². The molecule has 1 N–H and O–H groups in total. The highest BCUT2D eigenvalue weighted by Gasteiger charge is 2.39. The van der Waals surface area contributed by atoms with Crippen LogP contribution in [0.1, 0.15) is 39.5 Å². The van der Waals surface area contributed by atoms with E-state index in [1.165, 1.54) is 11.8 Å². The van der Waals surface area contributed by atoms with Gasteiger partial charge < -0.3 is 5.32 Å². The first kappa shape index (κ1) is 14.8. The minimum Gasteiger partial charge on any atom is -0.341 e. The number of carbonyl (C=O) groups excluding carboxylic acids is 1. The summed E-state index contributed by atoms with van der Waals surface area (Å²) >= 11 is 1.26. The monoisotopic (exact) mass is 279 g/mol. The van der Waals surface area contributed by atoms with Crippen LogP contribution in [0.3, 0.4) is 0 Å². The van der Waals surface area contributed by atoms with Crippen LogP contribution < -0.4 is 5.32 Å². The Balaban J connectivity index is 2.31. The molecule has 100 valence electrons. The number of rotatable bonds is 5. The summed E-state index contributed by atoms with van der Waals surface area (Å²) in [6, 6.07) is 0. The van der Waals surface area contributed by atoms with Gasteiger partial charge in [-0.2, -0.15) is 0 Å². The van der Waals surface area contributed by atoms with Crippen LogP contribution in [0.25, 0.3) is 0 Å². The largest absolute Gasteiger partial charge is 0.341 e. The number of sulfone groups is 1. The molecule has 1 aliphatic rings. The Labute approximate surface area is 108 Å². The fourth-order valence-electron chi connectivity index (χ4n) is 1.91. The average Bonchev–Trinajstić information content (AvgIpc) is 2.47. The van der Waals surface area contributed by atoms with Crippen molar-refractivity contribution in [3.05, 3.63) is 0 Å². The molecule has 0 aliphatic carbocycles. The quantitative estimate of drug-likeness (QED) is 0.784. The maximum Gasteiger partial charge on any atom is 0.279 e. The van der Waals surface area contributed by atoms with Crippen molar-refractivity contribution < 1.29 is 13.2 Å². The van der Waals surface area contributed by atoms with Gasteiger partial charge in [-0.05, 0) is 19.8 Å². The predicted molar refractivity (Wildman–Crippen MR) is 72.2 cm³/mol. The summed E-state index contributed by atoms with van der Waals surface area (Å²) < 4.78 is 22.7. The van der Waals surface area contributed by atoms with E-state index in [2.05, 4.69) is 12.2 Å². The van der Waals surface area contributed by atoms with Crippen molar-refractivity contribution in [2.24, 2.45) is 0 Å². The standard InChI is InChI=1S/C11H21NO3S2/c1-3-4-5-7-16-10(13)12-11(2)6-8-17(14,15)9-11/h3-9H2,1-2H3,(H,12,13). The molecule has 6 heteroatoms. The molecule has 1 fully saturated rings. The fourth-order valence-corrected chi connectivity index (χ4v) is 4.85. The zero-order chi connectivity index (χ0) is 12.9.